The molecule has 6 heteroatoms. The largest absolute Gasteiger partial charge is 0.378 e. The minimum Gasteiger partial charge on any atom is -0.378 e. The molecule has 0 atom stereocenters. The number of anilines is 1. The van der Waals surface area contributed by atoms with Gasteiger partial charge in [0.2, 0.25) is 0 Å². The Morgan fingerprint density at radius 1 is 1.27 bits per heavy atom. The summed E-state index contributed by atoms with van der Waals surface area (Å²) in [5, 5.41) is 11.8. The van der Waals surface area contributed by atoms with E-state index in [1.807, 2.05) is 11.0 Å². The summed E-state index contributed by atoms with van der Waals surface area (Å²) in [6.45, 7) is 3.97. The Morgan fingerprint density at radius 3 is 2.45 bits per heavy atom. The molecule has 0 bridgehead atoms. The van der Waals surface area contributed by atoms with Crippen molar-refractivity contribution < 1.29 is 14.3 Å². The maximum atomic E-state index is 12.1. The molecular weight excluding hydrogens is 282 g/mol. The Labute approximate surface area is 129 Å². The van der Waals surface area contributed by atoms with Gasteiger partial charge in [0.05, 0.1) is 13.2 Å². The van der Waals surface area contributed by atoms with Gasteiger partial charge in [-0.3, -0.25) is 9.59 Å². The number of Topliss-reactive ketones (excluding diaryl/α,β-unsaturated/α-hetero) is 1. The minimum absolute atomic E-state index is 0.0391. The van der Waals surface area contributed by atoms with E-state index in [1.165, 1.54) is 6.92 Å². The van der Waals surface area contributed by atoms with Crippen molar-refractivity contribution in [1.82, 2.24) is 4.90 Å². The molecular formula is C16H17N3O3. The SMILES string of the molecule is CC(=O)c1ccc(NC(=O)/C(C#N)=C\N2CCOCC2)cc1. The van der Waals surface area contributed by atoms with E-state index in [1.54, 1.807) is 30.5 Å². The van der Waals surface area contributed by atoms with Gasteiger partial charge in [0.25, 0.3) is 5.91 Å². The van der Waals surface area contributed by atoms with Gasteiger partial charge in [0.1, 0.15) is 11.6 Å². The van der Waals surface area contributed by atoms with Crippen LogP contribution in [0.15, 0.2) is 36.0 Å². The van der Waals surface area contributed by atoms with E-state index < -0.39 is 5.91 Å². The number of nitrogens with zero attached hydrogens (tertiary/aromatic N) is 2. The molecule has 1 aliphatic heterocycles. The summed E-state index contributed by atoms with van der Waals surface area (Å²) < 4.78 is 5.22. The van der Waals surface area contributed by atoms with E-state index in [-0.39, 0.29) is 11.4 Å². The van der Waals surface area contributed by atoms with E-state index in [0.717, 1.165) is 0 Å². The highest BCUT2D eigenvalue weighted by molar-refractivity contribution is 6.06. The molecule has 1 amide bonds. The second kappa shape index (κ2) is 7.38. The Kier molecular flexibility index (Phi) is 5.28. The highest BCUT2D eigenvalue weighted by Crippen LogP contribution is 2.12. The normalized spacial score (nSPS) is 15.1. The lowest BCUT2D eigenvalue weighted by atomic mass is 10.1. The number of carbonyl (C=O) groups is 2. The first kappa shape index (κ1) is 15.7. The Morgan fingerprint density at radius 2 is 1.91 bits per heavy atom. The van der Waals surface area contributed by atoms with Crippen LogP contribution in [0.25, 0.3) is 0 Å². The van der Waals surface area contributed by atoms with Crippen LogP contribution in [0.2, 0.25) is 0 Å². The van der Waals surface area contributed by atoms with Gasteiger partial charge in [-0.15, -0.1) is 0 Å². The zero-order valence-corrected chi connectivity index (χ0v) is 12.3. The molecule has 1 heterocycles. The Bertz CT molecular complexity index is 623. The van der Waals surface area contributed by atoms with Crippen LogP contribution in [0, 0.1) is 11.3 Å². The first-order valence-electron chi connectivity index (χ1n) is 6.96. The van der Waals surface area contributed by atoms with Gasteiger partial charge in [-0.05, 0) is 31.2 Å². The zero-order valence-electron chi connectivity index (χ0n) is 12.3. The average molecular weight is 299 g/mol. The summed E-state index contributed by atoms with van der Waals surface area (Å²) in [7, 11) is 0. The summed E-state index contributed by atoms with van der Waals surface area (Å²) >= 11 is 0. The molecule has 0 unspecified atom stereocenters. The lowest BCUT2D eigenvalue weighted by Crippen LogP contribution is -2.33. The molecule has 114 valence electrons. The first-order chi connectivity index (χ1) is 10.6. The number of nitrogens with one attached hydrogen (secondary N) is 1. The number of hydrogen-bond donors (Lipinski definition) is 1. The fourth-order valence-electron chi connectivity index (χ4n) is 2.01. The van der Waals surface area contributed by atoms with Gasteiger partial charge in [-0.1, -0.05) is 0 Å². The lowest BCUT2D eigenvalue weighted by molar-refractivity contribution is -0.112. The van der Waals surface area contributed by atoms with Crippen LogP contribution in [-0.2, 0) is 9.53 Å². The van der Waals surface area contributed by atoms with Crippen molar-refractivity contribution >= 4 is 17.4 Å². The molecule has 0 saturated carbocycles. The molecule has 1 aromatic carbocycles. The molecule has 1 aliphatic rings. The maximum Gasteiger partial charge on any atom is 0.267 e. The number of ketones is 1. The van der Waals surface area contributed by atoms with Crippen molar-refractivity contribution in [1.29, 1.82) is 5.26 Å². The monoisotopic (exact) mass is 299 g/mol. The van der Waals surface area contributed by atoms with Crippen molar-refractivity contribution in [3.63, 3.8) is 0 Å². The van der Waals surface area contributed by atoms with E-state index in [4.69, 9.17) is 10.00 Å². The predicted octanol–water partition coefficient (Wildman–Crippen LogP) is 1.57. The number of nitriles is 1. The number of carbonyl (C=O) groups excluding carboxylic acids is 2. The van der Waals surface area contributed by atoms with E-state index >= 15 is 0 Å². The summed E-state index contributed by atoms with van der Waals surface area (Å²) in [6.07, 6.45) is 1.56. The van der Waals surface area contributed by atoms with Crippen molar-refractivity contribution in [2.24, 2.45) is 0 Å². The van der Waals surface area contributed by atoms with Crippen LogP contribution in [0.3, 0.4) is 0 Å². The molecule has 1 fully saturated rings. The fraction of sp³-hybridized carbons (Fsp3) is 0.312. The zero-order chi connectivity index (χ0) is 15.9. The number of morpholine rings is 1. The highest BCUT2D eigenvalue weighted by atomic mass is 16.5. The van der Waals surface area contributed by atoms with Gasteiger partial charge in [-0.2, -0.15) is 5.26 Å². The second-order valence-electron chi connectivity index (χ2n) is 4.89. The van der Waals surface area contributed by atoms with Crippen LogP contribution in [-0.4, -0.2) is 42.9 Å². The molecule has 0 spiro atoms. The molecule has 1 saturated heterocycles. The van der Waals surface area contributed by atoms with Crippen LogP contribution < -0.4 is 5.32 Å². The average Bonchev–Trinajstić information content (AvgIpc) is 2.54. The second-order valence-corrected chi connectivity index (χ2v) is 4.89. The van der Waals surface area contributed by atoms with Crippen LogP contribution in [0.5, 0.6) is 0 Å². The van der Waals surface area contributed by atoms with Gasteiger partial charge >= 0.3 is 0 Å². The number of hydrogen-bond acceptors (Lipinski definition) is 5. The van der Waals surface area contributed by atoms with Gasteiger partial charge < -0.3 is 15.0 Å². The molecule has 0 aliphatic carbocycles. The molecule has 0 radical (unpaired) electrons. The molecule has 2 rings (SSSR count). The summed E-state index contributed by atoms with van der Waals surface area (Å²) in [4.78, 5) is 25.2. The van der Waals surface area contributed by atoms with Crippen molar-refractivity contribution in [3.8, 4) is 6.07 Å². The molecule has 0 aromatic heterocycles. The standard InChI is InChI=1S/C16H17N3O3/c1-12(20)13-2-4-15(5-3-13)18-16(21)14(10-17)11-19-6-8-22-9-7-19/h2-5,11H,6-9H2,1H3,(H,18,21)/b14-11-. The van der Waals surface area contributed by atoms with Crippen LogP contribution in [0.4, 0.5) is 5.69 Å². The number of ether oxygens (including phenoxy) is 1. The minimum atomic E-state index is -0.468. The van der Waals surface area contributed by atoms with E-state index in [2.05, 4.69) is 5.32 Å². The summed E-state index contributed by atoms with van der Waals surface area (Å²) in [5.41, 5.74) is 1.15. The van der Waals surface area contributed by atoms with E-state index in [0.29, 0.717) is 37.6 Å². The Balaban J connectivity index is 2.04. The highest BCUT2D eigenvalue weighted by Gasteiger charge is 2.13. The quantitative estimate of drug-likeness (QED) is 0.518. The summed E-state index contributed by atoms with van der Waals surface area (Å²) in [6, 6.07) is 8.46. The first-order valence-corrected chi connectivity index (χ1v) is 6.96. The third-order valence-electron chi connectivity index (χ3n) is 3.27. The third-order valence-corrected chi connectivity index (χ3v) is 3.27. The number of benzene rings is 1. The topological polar surface area (TPSA) is 82.4 Å². The lowest BCUT2D eigenvalue weighted by Gasteiger charge is -2.25. The number of amides is 1. The number of rotatable bonds is 4. The Hall–Kier alpha value is -2.65. The van der Waals surface area contributed by atoms with Gasteiger partial charge in [0, 0.05) is 30.5 Å². The molecule has 6 nitrogen and oxygen atoms in total. The predicted molar refractivity (Wildman–Crippen MR) is 81.2 cm³/mol. The smallest absolute Gasteiger partial charge is 0.267 e. The fourth-order valence-corrected chi connectivity index (χ4v) is 2.01. The maximum absolute atomic E-state index is 12.1. The van der Waals surface area contributed by atoms with Gasteiger partial charge in [0.15, 0.2) is 5.78 Å². The van der Waals surface area contributed by atoms with E-state index in [9.17, 15) is 9.59 Å². The molecule has 1 aromatic rings. The third kappa shape index (κ3) is 4.17. The molecule has 22 heavy (non-hydrogen) atoms. The molecule has 1 N–H and O–H groups in total. The van der Waals surface area contributed by atoms with Crippen LogP contribution >= 0.6 is 0 Å². The van der Waals surface area contributed by atoms with Crippen molar-refractivity contribution in [2.45, 2.75) is 6.92 Å². The van der Waals surface area contributed by atoms with Crippen LogP contribution in [0.1, 0.15) is 17.3 Å². The van der Waals surface area contributed by atoms with Crippen molar-refractivity contribution in [2.75, 3.05) is 31.6 Å². The van der Waals surface area contributed by atoms with Gasteiger partial charge in [-0.25, -0.2) is 0 Å². The van der Waals surface area contributed by atoms with Crippen molar-refractivity contribution in [3.05, 3.63) is 41.6 Å². The summed E-state index contributed by atoms with van der Waals surface area (Å²) in [5.74, 6) is -0.507.